The molecule has 0 fully saturated rings. The summed E-state index contributed by atoms with van der Waals surface area (Å²) in [5.41, 5.74) is 2.06. The average molecular weight is 553 g/mol. The van der Waals surface area contributed by atoms with Gasteiger partial charge in [-0.25, -0.2) is 8.78 Å². The van der Waals surface area contributed by atoms with E-state index >= 15 is 0 Å². The van der Waals surface area contributed by atoms with E-state index < -0.39 is 58.9 Å². The van der Waals surface area contributed by atoms with E-state index in [2.05, 4.69) is 29.2 Å². The minimum absolute atomic E-state index is 0.00417. The summed E-state index contributed by atoms with van der Waals surface area (Å²) in [6.07, 6.45) is 3.97. The van der Waals surface area contributed by atoms with E-state index in [1.165, 1.54) is 18.2 Å². The molecular formula is C29H30F2N4O5. The predicted octanol–water partition coefficient (Wildman–Crippen LogP) is 3.03. The van der Waals surface area contributed by atoms with Gasteiger partial charge >= 0.3 is 0 Å². The van der Waals surface area contributed by atoms with Crippen molar-refractivity contribution >= 4 is 11.8 Å². The summed E-state index contributed by atoms with van der Waals surface area (Å²) in [6.45, 7) is 8.10. The van der Waals surface area contributed by atoms with E-state index in [1.807, 2.05) is 0 Å². The van der Waals surface area contributed by atoms with Crippen molar-refractivity contribution in [3.8, 4) is 5.75 Å². The van der Waals surface area contributed by atoms with Crippen LogP contribution in [0.25, 0.3) is 0 Å². The molecule has 2 unspecified atom stereocenters. The van der Waals surface area contributed by atoms with Gasteiger partial charge in [0.25, 0.3) is 11.8 Å². The standard InChI is InChI=1S/C29H30F2N4O5/c1-4-18(3)34-35-15-23(28(38)32-14-20-11-12-21(30)13-24(20)31)26(37)27(40-17-19-9-7-6-8-10-19)25(35)29(39)33-22(5-2)16-36/h4-13,15,18,22,34,36H,1-2,14,16-17H2,3H3,(H,32,38)(H,33,39). The molecule has 9 nitrogen and oxygen atoms in total. The first kappa shape index (κ1) is 29.8. The second kappa shape index (κ2) is 13.9. The number of rotatable bonds is 13. The summed E-state index contributed by atoms with van der Waals surface area (Å²) >= 11 is 0. The van der Waals surface area contributed by atoms with Crippen LogP contribution < -0.4 is 26.2 Å². The third-order valence-corrected chi connectivity index (χ3v) is 5.80. The minimum atomic E-state index is -0.901. The summed E-state index contributed by atoms with van der Waals surface area (Å²) in [4.78, 5) is 40.1. The van der Waals surface area contributed by atoms with Gasteiger partial charge in [-0.1, -0.05) is 48.6 Å². The number of benzene rings is 2. The van der Waals surface area contributed by atoms with Crippen LogP contribution in [0, 0.1) is 11.6 Å². The van der Waals surface area contributed by atoms with Gasteiger partial charge in [0.2, 0.25) is 5.43 Å². The largest absolute Gasteiger partial charge is 0.482 e. The number of aliphatic hydroxyl groups excluding tert-OH is 1. The van der Waals surface area contributed by atoms with Gasteiger partial charge in [0.15, 0.2) is 11.4 Å². The van der Waals surface area contributed by atoms with Gasteiger partial charge in [-0.2, -0.15) is 0 Å². The molecule has 210 valence electrons. The van der Waals surface area contributed by atoms with Crippen LogP contribution in [-0.4, -0.2) is 40.3 Å². The van der Waals surface area contributed by atoms with Crippen molar-refractivity contribution in [3.05, 3.63) is 124 Å². The lowest BCUT2D eigenvalue weighted by atomic mass is 10.1. The van der Waals surface area contributed by atoms with Crippen molar-refractivity contribution in [2.75, 3.05) is 12.0 Å². The molecular weight excluding hydrogens is 522 g/mol. The fourth-order valence-electron chi connectivity index (χ4n) is 3.55. The number of hydrogen-bond donors (Lipinski definition) is 4. The molecule has 3 rings (SSSR count). The lowest BCUT2D eigenvalue weighted by Crippen LogP contribution is -2.41. The van der Waals surface area contributed by atoms with Crippen LogP contribution in [0.5, 0.6) is 5.75 Å². The highest BCUT2D eigenvalue weighted by Crippen LogP contribution is 2.18. The van der Waals surface area contributed by atoms with Gasteiger partial charge in [-0.15, -0.1) is 13.2 Å². The number of carbonyl (C=O) groups is 2. The normalized spacial score (nSPS) is 12.1. The van der Waals surface area contributed by atoms with E-state index in [-0.39, 0.29) is 24.4 Å². The number of halogens is 2. The maximum Gasteiger partial charge on any atom is 0.274 e. The maximum absolute atomic E-state index is 14.1. The van der Waals surface area contributed by atoms with Crippen molar-refractivity contribution < 1.29 is 28.2 Å². The van der Waals surface area contributed by atoms with E-state index in [0.717, 1.165) is 16.9 Å². The lowest BCUT2D eigenvalue weighted by Gasteiger charge is -2.23. The Morgan fingerprint density at radius 1 is 1.10 bits per heavy atom. The van der Waals surface area contributed by atoms with Gasteiger partial charge in [0.05, 0.1) is 18.7 Å². The third kappa shape index (κ3) is 7.41. The number of aromatic nitrogens is 1. The number of hydrogen-bond acceptors (Lipinski definition) is 6. The Morgan fingerprint density at radius 3 is 2.45 bits per heavy atom. The second-order valence-electron chi connectivity index (χ2n) is 8.76. The Labute approximate surface area is 229 Å². The Hall–Kier alpha value is -4.77. The maximum atomic E-state index is 14.1. The van der Waals surface area contributed by atoms with E-state index in [4.69, 9.17) is 4.74 Å². The van der Waals surface area contributed by atoms with Gasteiger partial charge in [-0.05, 0) is 18.6 Å². The molecule has 40 heavy (non-hydrogen) atoms. The van der Waals surface area contributed by atoms with Gasteiger partial charge in [0.1, 0.15) is 23.8 Å². The van der Waals surface area contributed by atoms with E-state index in [1.54, 1.807) is 37.3 Å². The molecule has 0 aliphatic heterocycles. The number of nitrogens with one attached hydrogen (secondary N) is 3. The Bertz CT molecular complexity index is 1440. The van der Waals surface area contributed by atoms with Crippen molar-refractivity contribution in [1.29, 1.82) is 0 Å². The molecule has 0 bridgehead atoms. The molecule has 0 aliphatic rings. The van der Waals surface area contributed by atoms with Crippen molar-refractivity contribution in [2.24, 2.45) is 0 Å². The number of pyridine rings is 1. The number of ether oxygens (including phenoxy) is 1. The summed E-state index contributed by atoms with van der Waals surface area (Å²) in [6, 6.07) is 10.5. The Kier molecular flexibility index (Phi) is 10.3. The monoisotopic (exact) mass is 552 g/mol. The lowest BCUT2D eigenvalue weighted by molar-refractivity contribution is 0.0908. The number of nitrogens with zero attached hydrogens (tertiary/aromatic N) is 1. The van der Waals surface area contributed by atoms with Crippen molar-refractivity contribution in [3.63, 3.8) is 0 Å². The quantitative estimate of drug-likeness (QED) is 0.242. The van der Waals surface area contributed by atoms with Crippen LogP contribution in [0.3, 0.4) is 0 Å². The number of amides is 2. The van der Waals surface area contributed by atoms with E-state index in [9.17, 15) is 28.3 Å². The highest BCUT2D eigenvalue weighted by Gasteiger charge is 2.27. The summed E-state index contributed by atoms with van der Waals surface area (Å²) in [7, 11) is 0. The molecule has 2 atom stereocenters. The zero-order chi connectivity index (χ0) is 29.2. The Balaban J connectivity index is 2.09. The Morgan fingerprint density at radius 2 is 1.82 bits per heavy atom. The molecule has 0 spiro atoms. The summed E-state index contributed by atoms with van der Waals surface area (Å²) < 4.78 is 34.3. The molecule has 11 heteroatoms. The molecule has 1 heterocycles. The van der Waals surface area contributed by atoms with Crippen LogP contribution >= 0.6 is 0 Å². The highest BCUT2D eigenvalue weighted by atomic mass is 19.1. The number of carbonyl (C=O) groups excluding carboxylic acids is 2. The van der Waals surface area contributed by atoms with Gasteiger partial charge < -0.3 is 25.9 Å². The second-order valence-corrected chi connectivity index (χ2v) is 8.76. The first-order chi connectivity index (χ1) is 19.2. The molecule has 0 radical (unpaired) electrons. The summed E-state index contributed by atoms with van der Waals surface area (Å²) in [5.74, 6) is -3.74. The third-order valence-electron chi connectivity index (χ3n) is 5.80. The van der Waals surface area contributed by atoms with Gasteiger partial charge in [0, 0.05) is 24.4 Å². The zero-order valence-electron chi connectivity index (χ0n) is 21.8. The number of aliphatic hydroxyl groups is 1. The SMILES string of the molecule is C=CC(C)Nn1cc(C(=O)NCc2ccc(F)cc2F)c(=O)c(OCc2ccccc2)c1C(=O)NC(C=C)CO. The van der Waals surface area contributed by atoms with Crippen LogP contribution in [-0.2, 0) is 13.2 Å². The topological polar surface area (TPSA) is 122 Å². The van der Waals surface area contributed by atoms with Crippen LogP contribution in [0.15, 0.2) is 84.8 Å². The van der Waals surface area contributed by atoms with Crippen molar-refractivity contribution in [2.45, 2.75) is 32.2 Å². The fourth-order valence-corrected chi connectivity index (χ4v) is 3.55. The predicted molar refractivity (Wildman–Crippen MR) is 147 cm³/mol. The molecule has 2 amide bonds. The first-order valence-electron chi connectivity index (χ1n) is 12.3. The van der Waals surface area contributed by atoms with Crippen molar-refractivity contribution in [1.82, 2.24) is 15.3 Å². The summed E-state index contributed by atoms with van der Waals surface area (Å²) in [5, 5.41) is 14.5. The first-order valence-corrected chi connectivity index (χ1v) is 12.3. The van der Waals surface area contributed by atoms with Crippen LogP contribution in [0.4, 0.5) is 8.78 Å². The zero-order valence-corrected chi connectivity index (χ0v) is 21.8. The fraction of sp³-hybridized carbons (Fsp3) is 0.207. The minimum Gasteiger partial charge on any atom is -0.482 e. The van der Waals surface area contributed by atoms with E-state index in [0.29, 0.717) is 11.6 Å². The molecule has 3 aromatic rings. The molecule has 0 aliphatic carbocycles. The average Bonchev–Trinajstić information content (AvgIpc) is 2.95. The molecule has 4 N–H and O–H groups in total. The molecule has 1 aromatic heterocycles. The smallest absolute Gasteiger partial charge is 0.274 e. The van der Waals surface area contributed by atoms with Gasteiger partial charge in [-0.3, -0.25) is 19.1 Å². The molecule has 0 saturated heterocycles. The molecule has 2 aromatic carbocycles. The highest BCUT2D eigenvalue weighted by molar-refractivity contribution is 5.99. The van der Waals surface area contributed by atoms with Crippen LogP contribution in [0.1, 0.15) is 38.9 Å². The molecule has 0 saturated carbocycles. The van der Waals surface area contributed by atoms with Crippen LogP contribution in [0.2, 0.25) is 0 Å².